The van der Waals surface area contributed by atoms with E-state index in [1.54, 1.807) is 0 Å². The molecule has 2 aromatic rings. The Bertz CT molecular complexity index is 694. The van der Waals surface area contributed by atoms with Gasteiger partial charge in [-0.1, -0.05) is 30.3 Å². The third-order valence-corrected chi connectivity index (χ3v) is 3.74. The summed E-state index contributed by atoms with van der Waals surface area (Å²) in [4.78, 5) is 12.2. The van der Waals surface area contributed by atoms with E-state index in [4.69, 9.17) is 4.74 Å². The minimum atomic E-state index is -0.147. The molecule has 0 radical (unpaired) electrons. The van der Waals surface area contributed by atoms with Crippen molar-refractivity contribution >= 4 is 33.6 Å². The molecule has 0 bridgehead atoms. The van der Waals surface area contributed by atoms with Crippen molar-refractivity contribution in [3.05, 3.63) is 64.1 Å². The van der Waals surface area contributed by atoms with Crippen LogP contribution >= 0.6 is 15.9 Å². The maximum Gasteiger partial charge on any atom is 0.255 e. The number of halogens is 1. The summed E-state index contributed by atoms with van der Waals surface area (Å²) in [5.41, 5.74) is 2.28. The summed E-state index contributed by atoms with van der Waals surface area (Å²) in [6.45, 7) is 0.285. The van der Waals surface area contributed by atoms with Crippen molar-refractivity contribution in [3.8, 4) is 5.75 Å². The number of fused-ring (bicyclic) bond motifs is 1. The first-order chi connectivity index (χ1) is 9.74. The highest BCUT2D eigenvalue weighted by molar-refractivity contribution is 9.10. The molecule has 0 spiro atoms. The average Bonchev–Trinajstić information content (AvgIpc) is 2.49. The first-order valence-corrected chi connectivity index (χ1v) is 7.01. The maximum absolute atomic E-state index is 12.2. The van der Waals surface area contributed by atoms with Crippen molar-refractivity contribution in [2.75, 3.05) is 11.9 Å². The van der Waals surface area contributed by atoms with Crippen LogP contribution in [0.5, 0.6) is 5.75 Å². The molecule has 1 N–H and O–H groups in total. The summed E-state index contributed by atoms with van der Waals surface area (Å²) in [7, 11) is 0. The molecular formula is C16H12BrNO2. The largest absolute Gasteiger partial charge is 0.488 e. The zero-order valence-corrected chi connectivity index (χ0v) is 12.2. The van der Waals surface area contributed by atoms with E-state index in [1.807, 2.05) is 54.6 Å². The number of carbonyl (C=O) groups excluding carboxylic acids is 1. The van der Waals surface area contributed by atoms with Crippen LogP contribution in [-0.2, 0) is 4.79 Å². The third kappa shape index (κ3) is 2.60. The van der Waals surface area contributed by atoms with Gasteiger partial charge in [0.25, 0.3) is 5.91 Å². The van der Waals surface area contributed by atoms with E-state index in [1.165, 1.54) is 0 Å². The molecular weight excluding hydrogens is 318 g/mol. The van der Waals surface area contributed by atoms with Gasteiger partial charge in [0, 0.05) is 10.0 Å². The quantitative estimate of drug-likeness (QED) is 0.908. The molecule has 0 unspecified atom stereocenters. The van der Waals surface area contributed by atoms with Crippen LogP contribution in [0.1, 0.15) is 5.56 Å². The number of para-hydroxylation sites is 2. The van der Waals surface area contributed by atoms with Crippen LogP contribution in [0.2, 0.25) is 0 Å². The molecule has 1 aliphatic rings. The van der Waals surface area contributed by atoms with Crippen LogP contribution in [0, 0.1) is 0 Å². The Kier molecular flexibility index (Phi) is 3.56. The maximum atomic E-state index is 12.2. The van der Waals surface area contributed by atoms with E-state index in [0.717, 1.165) is 21.5 Å². The van der Waals surface area contributed by atoms with Gasteiger partial charge in [-0.2, -0.15) is 0 Å². The zero-order chi connectivity index (χ0) is 13.9. The van der Waals surface area contributed by atoms with E-state index >= 15 is 0 Å². The second-order valence-electron chi connectivity index (χ2n) is 4.43. The minimum Gasteiger partial charge on any atom is -0.488 e. The van der Waals surface area contributed by atoms with E-state index in [-0.39, 0.29) is 12.5 Å². The molecule has 1 aliphatic heterocycles. The SMILES string of the molecule is O=C(Nc1ccccc1Br)C1=Cc2ccccc2OC1. The normalized spacial score (nSPS) is 12.9. The van der Waals surface area contributed by atoms with Crippen LogP contribution < -0.4 is 10.1 Å². The van der Waals surface area contributed by atoms with Gasteiger partial charge >= 0.3 is 0 Å². The van der Waals surface area contributed by atoms with Crippen LogP contribution in [-0.4, -0.2) is 12.5 Å². The molecule has 0 saturated carbocycles. The molecule has 1 amide bonds. The van der Waals surface area contributed by atoms with E-state index in [0.29, 0.717) is 5.57 Å². The highest BCUT2D eigenvalue weighted by Gasteiger charge is 2.17. The molecule has 3 nitrogen and oxygen atoms in total. The number of hydrogen-bond donors (Lipinski definition) is 1. The summed E-state index contributed by atoms with van der Waals surface area (Å²) in [6.07, 6.45) is 1.87. The standard InChI is InChI=1S/C16H12BrNO2/c17-13-6-2-3-7-14(13)18-16(19)12-9-11-5-1-4-8-15(11)20-10-12/h1-9H,10H2,(H,18,19). The molecule has 0 fully saturated rings. The van der Waals surface area contributed by atoms with Crippen molar-refractivity contribution in [1.29, 1.82) is 0 Å². The molecule has 3 rings (SSSR count). The number of nitrogens with one attached hydrogen (secondary N) is 1. The predicted molar refractivity (Wildman–Crippen MR) is 82.7 cm³/mol. The first kappa shape index (κ1) is 12.9. The van der Waals surface area contributed by atoms with E-state index < -0.39 is 0 Å². The number of anilines is 1. The summed E-state index contributed by atoms with van der Waals surface area (Å²) >= 11 is 3.41. The Labute approximate surface area is 125 Å². The van der Waals surface area contributed by atoms with Crippen LogP contribution in [0.15, 0.2) is 58.6 Å². The van der Waals surface area contributed by atoms with Gasteiger partial charge in [-0.15, -0.1) is 0 Å². The molecule has 0 saturated heterocycles. The predicted octanol–water partition coefficient (Wildman–Crippen LogP) is 3.86. The van der Waals surface area contributed by atoms with Gasteiger partial charge in [-0.3, -0.25) is 4.79 Å². The van der Waals surface area contributed by atoms with Gasteiger partial charge in [0.2, 0.25) is 0 Å². The Morgan fingerprint density at radius 3 is 2.70 bits per heavy atom. The number of amides is 1. The van der Waals surface area contributed by atoms with Gasteiger partial charge in [-0.05, 0) is 40.2 Å². The number of rotatable bonds is 2. The molecule has 0 aromatic heterocycles. The topological polar surface area (TPSA) is 38.3 Å². The monoisotopic (exact) mass is 329 g/mol. The molecule has 0 atom stereocenters. The van der Waals surface area contributed by atoms with E-state index in [2.05, 4.69) is 21.2 Å². The van der Waals surface area contributed by atoms with Gasteiger partial charge in [-0.25, -0.2) is 0 Å². The summed E-state index contributed by atoms with van der Waals surface area (Å²) in [6, 6.07) is 15.2. The second-order valence-corrected chi connectivity index (χ2v) is 5.28. The lowest BCUT2D eigenvalue weighted by Gasteiger charge is -2.17. The molecule has 1 heterocycles. The van der Waals surface area contributed by atoms with Gasteiger partial charge in [0.15, 0.2) is 0 Å². The second kappa shape index (κ2) is 5.51. The number of ether oxygens (including phenoxy) is 1. The molecule has 20 heavy (non-hydrogen) atoms. The van der Waals surface area contributed by atoms with Crippen molar-refractivity contribution in [2.45, 2.75) is 0 Å². The average molecular weight is 330 g/mol. The fraction of sp³-hybridized carbons (Fsp3) is 0.0625. The molecule has 4 heteroatoms. The summed E-state index contributed by atoms with van der Waals surface area (Å²) in [5.74, 6) is 0.663. The Morgan fingerprint density at radius 1 is 1.10 bits per heavy atom. The van der Waals surface area contributed by atoms with Crippen molar-refractivity contribution in [3.63, 3.8) is 0 Å². The molecule has 100 valence electrons. The van der Waals surface area contributed by atoms with Crippen LogP contribution in [0.4, 0.5) is 5.69 Å². The van der Waals surface area contributed by atoms with Crippen LogP contribution in [0.3, 0.4) is 0 Å². The van der Waals surface area contributed by atoms with Gasteiger partial charge < -0.3 is 10.1 Å². The lowest BCUT2D eigenvalue weighted by Crippen LogP contribution is -2.21. The third-order valence-electron chi connectivity index (χ3n) is 3.05. The van der Waals surface area contributed by atoms with Crippen molar-refractivity contribution in [1.82, 2.24) is 0 Å². The molecule has 2 aromatic carbocycles. The lowest BCUT2D eigenvalue weighted by molar-refractivity contribution is -0.113. The Morgan fingerprint density at radius 2 is 1.85 bits per heavy atom. The van der Waals surface area contributed by atoms with E-state index in [9.17, 15) is 4.79 Å². The lowest BCUT2D eigenvalue weighted by atomic mass is 10.1. The van der Waals surface area contributed by atoms with Crippen molar-refractivity contribution in [2.24, 2.45) is 0 Å². The zero-order valence-electron chi connectivity index (χ0n) is 10.6. The summed E-state index contributed by atoms with van der Waals surface area (Å²) in [5, 5.41) is 2.88. The smallest absolute Gasteiger partial charge is 0.255 e. The number of benzene rings is 2. The Hall–Kier alpha value is -2.07. The Balaban J connectivity index is 1.83. The highest BCUT2D eigenvalue weighted by Crippen LogP contribution is 2.27. The first-order valence-electron chi connectivity index (χ1n) is 6.22. The van der Waals surface area contributed by atoms with Gasteiger partial charge in [0.1, 0.15) is 12.4 Å². The fourth-order valence-electron chi connectivity index (χ4n) is 2.01. The van der Waals surface area contributed by atoms with Crippen LogP contribution in [0.25, 0.3) is 6.08 Å². The number of carbonyl (C=O) groups is 1. The fourth-order valence-corrected chi connectivity index (χ4v) is 2.40. The summed E-state index contributed by atoms with van der Waals surface area (Å²) < 4.78 is 6.44. The van der Waals surface area contributed by atoms with Crippen molar-refractivity contribution < 1.29 is 9.53 Å². The number of hydrogen-bond acceptors (Lipinski definition) is 2. The van der Waals surface area contributed by atoms with Gasteiger partial charge in [0.05, 0.1) is 11.3 Å². The highest BCUT2D eigenvalue weighted by atomic mass is 79.9. The molecule has 0 aliphatic carbocycles. The minimum absolute atomic E-state index is 0.147.